The van der Waals surface area contributed by atoms with E-state index in [0.29, 0.717) is 40.7 Å². The third-order valence-electron chi connectivity index (χ3n) is 3.98. The number of aliphatic imine (C=N–C) groups is 1. The molecule has 27 heavy (non-hydrogen) atoms. The number of benzene rings is 1. The van der Waals surface area contributed by atoms with Crippen LogP contribution >= 0.6 is 22.9 Å². The average molecular weight is 410 g/mol. The van der Waals surface area contributed by atoms with Crippen molar-refractivity contribution in [3.05, 3.63) is 62.5 Å². The number of esters is 1. The molecule has 1 aliphatic heterocycles. The summed E-state index contributed by atoms with van der Waals surface area (Å²) in [6.07, 6.45) is 2.10. The maximum absolute atomic E-state index is 13.5. The Morgan fingerprint density at radius 2 is 2.22 bits per heavy atom. The summed E-state index contributed by atoms with van der Waals surface area (Å²) in [7, 11) is 2.87. The van der Waals surface area contributed by atoms with Crippen LogP contribution in [-0.2, 0) is 14.3 Å². The number of nitrogens with zero attached hydrogens (tertiary/aromatic N) is 2. The summed E-state index contributed by atoms with van der Waals surface area (Å²) in [6, 6.07) is 3.25. The van der Waals surface area contributed by atoms with Crippen LogP contribution in [0, 0.1) is 5.82 Å². The van der Waals surface area contributed by atoms with E-state index in [0.717, 1.165) is 0 Å². The lowest BCUT2D eigenvalue weighted by Crippen LogP contribution is -2.34. The minimum atomic E-state index is -0.752. The predicted molar refractivity (Wildman–Crippen MR) is 101 cm³/mol. The number of rotatable bonds is 6. The van der Waals surface area contributed by atoms with E-state index >= 15 is 0 Å². The van der Waals surface area contributed by atoms with Crippen molar-refractivity contribution in [1.82, 2.24) is 10.3 Å². The monoisotopic (exact) mass is 409 g/mol. The average Bonchev–Trinajstić information content (AvgIpc) is 3.20. The van der Waals surface area contributed by atoms with Crippen LogP contribution in [0.3, 0.4) is 0 Å². The Balaban J connectivity index is 2.15. The van der Waals surface area contributed by atoms with Gasteiger partial charge in [0.2, 0.25) is 0 Å². The number of aromatic nitrogens is 1. The Hall–Kier alpha value is -2.29. The van der Waals surface area contributed by atoms with Crippen molar-refractivity contribution in [3.8, 4) is 0 Å². The summed E-state index contributed by atoms with van der Waals surface area (Å²) >= 11 is 7.67. The van der Waals surface area contributed by atoms with Crippen LogP contribution in [0.4, 0.5) is 4.39 Å². The van der Waals surface area contributed by atoms with Gasteiger partial charge >= 0.3 is 5.97 Å². The summed E-state index contributed by atoms with van der Waals surface area (Å²) < 4.78 is 23.6. The molecule has 1 atom stereocenters. The summed E-state index contributed by atoms with van der Waals surface area (Å²) in [6.45, 7) is 0.387. The Kier molecular flexibility index (Phi) is 6.20. The van der Waals surface area contributed by atoms with Crippen molar-refractivity contribution in [1.29, 1.82) is 0 Å². The molecule has 0 bridgehead atoms. The molecule has 1 aromatic carbocycles. The van der Waals surface area contributed by atoms with E-state index in [4.69, 9.17) is 21.1 Å². The number of hydrogen-bond acceptors (Lipinski definition) is 7. The lowest BCUT2D eigenvalue weighted by molar-refractivity contribution is -0.136. The van der Waals surface area contributed by atoms with E-state index in [9.17, 15) is 9.18 Å². The zero-order valence-electron chi connectivity index (χ0n) is 14.7. The third-order valence-corrected chi connectivity index (χ3v) is 5.09. The fourth-order valence-corrected chi connectivity index (χ4v) is 3.60. The molecule has 0 spiro atoms. The maximum atomic E-state index is 13.5. The van der Waals surface area contributed by atoms with Crippen molar-refractivity contribution < 1.29 is 18.7 Å². The Labute approximate surface area is 164 Å². The molecule has 0 fully saturated rings. The van der Waals surface area contributed by atoms with Gasteiger partial charge in [0.1, 0.15) is 11.9 Å². The van der Waals surface area contributed by atoms with Crippen molar-refractivity contribution in [2.75, 3.05) is 20.8 Å². The predicted octanol–water partition coefficient (Wildman–Crippen LogP) is 3.49. The molecule has 0 saturated heterocycles. The molecule has 0 unspecified atom stereocenters. The van der Waals surface area contributed by atoms with E-state index in [-0.39, 0.29) is 5.02 Å². The molecule has 142 valence electrons. The molecule has 2 aromatic rings. The van der Waals surface area contributed by atoms with Gasteiger partial charge in [0, 0.05) is 41.4 Å². The molecule has 0 radical (unpaired) electrons. The van der Waals surface area contributed by atoms with Crippen LogP contribution < -0.4 is 5.32 Å². The number of carbonyl (C=O) groups is 1. The molecular formula is C18H17ClFN3O3S. The second-order valence-electron chi connectivity index (χ2n) is 5.63. The van der Waals surface area contributed by atoms with Gasteiger partial charge in [0.05, 0.1) is 19.3 Å². The second-order valence-corrected chi connectivity index (χ2v) is 6.94. The molecule has 1 N–H and O–H groups in total. The number of ether oxygens (including phenoxy) is 2. The maximum Gasteiger partial charge on any atom is 0.338 e. The van der Waals surface area contributed by atoms with Gasteiger partial charge < -0.3 is 14.8 Å². The molecule has 0 saturated carbocycles. The highest BCUT2D eigenvalue weighted by Gasteiger charge is 2.33. The first-order valence-corrected chi connectivity index (χ1v) is 9.30. The highest BCUT2D eigenvalue weighted by atomic mass is 35.5. The van der Waals surface area contributed by atoms with Crippen LogP contribution in [0.15, 0.2) is 46.0 Å². The van der Waals surface area contributed by atoms with Crippen LogP contribution in [0.1, 0.15) is 23.0 Å². The smallest absolute Gasteiger partial charge is 0.338 e. The van der Waals surface area contributed by atoms with Gasteiger partial charge in [0.25, 0.3) is 0 Å². The minimum Gasteiger partial charge on any atom is -0.466 e. The van der Waals surface area contributed by atoms with E-state index < -0.39 is 17.8 Å². The molecule has 0 aliphatic carbocycles. The summed E-state index contributed by atoms with van der Waals surface area (Å²) in [5.41, 5.74) is 1.42. The number of amidine groups is 1. The first-order valence-electron chi connectivity index (χ1n) is 8.05. The number of carbonyl (C=O) groups excluding carboxylic acids is 1. The summed E-state index contributed by atoms with van der Waals surface area (Å²) in [4.78, 5) is 21.4. The lowest BCUT2D eigenvalue weighted by atomic mass is 9.94. The van der Waals surface area contributed by atoms with E-state index in [2.05, 4.69) is 15.3 Å². The molecule has 1 aromatic heterocycles. The molecule has 2 heterocycles. The SMILES string of the molecule is COCCC1=C(C(=O)OC)[C@H](c2ccc(F)cc2Cl)N=C(c2nccs2)N1. The normalized spacial score (nSPS) is 16.7. The summed E-state index contributed by atoms with van der Waals surface area (Å²) in [5, 5.41) is 5.83. The molecule has 3 rings (SSSR count). The van der Waals surface area contributed by atoms with Crippen LogP contribution in [0.5, 0.6) is 0 Å². The van der Waals surface area contributed by atoms with Crippen LogP contribution in [0.2, 0.25) is 5.02 Å². The van der Waals surface area contributed by atoms with Crippen molar-refractivity contribution >= 4 is 34.7 Å². The number of thiazole rings is 1. The Morgan fingerprint density at radius 1 is 1.41 bits per heavy atom. The first-order chi connectivity index (χ1) is 13.0. The van der Waals surface area contributed by atoms with Crippen LogP contribution in [0.25, 0.3) is 0 Å². The Morgan fingerprint density at radius 3 is 2.85 bits per heavy atom. The fourth-order valence-electron chi connectivity index (χ4n) is 2.74. The van der Waals surface area contributed by atoms with Crippen molar-refractivity contribution in [2.24, 2.45) is 4.99 Å². The molecule has 9 heteroatoms. The largest absolute Gasteiger partial charge is 0.466 e. The van der Waals surface area contributed by atoms with E-state index in [1.165, 1.54) is 36.6 Å². The number of halogens is 2. The highest BCUT2D eigenvalue weighted by molar-refractivity contribution is 7.11. The van der Waals surface area contributed by atoms with Gasteiger partial charge in [-0.05, 0) is 12.1 Å². The summed E-state index contributed by atoms with van der Waals surface area (Å²) in [5.74, 6) is -0.500. The highest BCUT2D eigenvalue weighted by Crippen LogP contribution is 2.37. The molecule has 0 amide bonds. The third kappa shape index (κ3) is 4.18. The number of methoxy groups -OCH3 is 2. The number of hydrogen-bond donors (Lipinski definition) is 1. The van der Waals surface area contributed by atoms with Gasteiger partial charge in [-0.2, -0.15) is 0 Å². The van der Waals surface area contributed by atoms with Gasteiger partial charge in [-0.3, -0.25) is 4.99 Å². The second kappa shape index (κ2) is 8.60. The minimum absolute atomic E-state index is 0.177. The molecule has 1 aliphatic rings. The van der Waals surface area contributed by atoms with E-state index in [1.807, 2.05) is 5.38 Å². The van der Waals surface area contributed by atoms with Gasteiger partial charge in [-0.25, -0.2) is 14.2 Å². The van der Waals surface area contributed by atoms with Gasteiger partial charge in [-0.1, -0.05) is 17.7 Å². The van der Waals surface area contributed by atoms with Crippen molar-refractivity contribution in [2.45, 2.75) is 12.5 Å². The number of nitrogens with one attached hydrogen (secondary N) is 1. The standard InChI is InChI=1S/C18H17ClFN3O3S/c1-25-7-5-13-14(18(24)26-2)15(11-4-3-10(20)9-12(11)19)23-16(22-13)17-21-6-8-27-17/h3-4,6,8-9,15H,5,7H2,1-2H3,(H,22,23)/t15-/m0/s1. The van der Waals surface area contributed by atoms with Gasteiger partial charge in [-0.15, -0.1) is 11.3 Å². The molecular weight excluding hydrogens is 393 g/mol. The van der Waals surface area contributed by atoms with Crippen molar-refractivity contribution in [3.63, 3.8) is 0 Å². The van der Waals surface area contributed by atoms with Crippen LogP contribution in [-0.4, -0.2) is 37.6 Å². The Bertz CT molecular complexity index is 899. The zero-order chi connectivity index (χ0) is 19.4. The molecule has 6 nitrogen and oxygen atoms in total. The zero-order valence-corrected chi connectivity index (χ0v) is 16.2. The quantitative estimate of drug-likeness (QED) is 0.739. The fraction of sp³-hybridized carbons (Fsp3) is 0.278. The van der Waals surface area contributed by atoms with E-state index in [1.54, 1.807) is 13.3 Å². The van der Waals surface area contributed by atoms with Gasteiger partial charge in [0.15, 0.2) is 10.8 Å². The first kappa shape index (κ1) is 19.5. The topological polar surface area (TPSA) is 72.8 Å². The lowest BCUT2D eigenvalue weighted by Gasteiger charge is -2.27.